The van der Waals surface area contributed by atoms with Gasteiger partial charge in [-0.15, -0.1) is 0 Å². The lowest BCUT2D eigenvalue weighted by Crippen LogP contribution is -2.13. The molecular formula is C16H16N4O6. The number of anilines is 1. The van der Waals surface area contributed by atoms with E-state index < -0.39 is 10.9 Å². The van der Waals surface area contributed by atoms with Crippen molar-refractivity contribution in [2.75, 3.05) is 26.3 Å². The molecule has 0 spiro atoms. The Hall–Kier alpha value is -3.69. The molecule has 0 radical (unpaired) electrons. The third-order valence-corrected chi connectivity index (χ3v) is 3.11. The van der Waals surface area contributed by atoms with Gasteiger partial charge in [0, 0.05) is 6.07 Å². The summed E-state index contributed by atoms with van der Waals surface area (Å²) in [6.45, 7) is -0.229. The molecule has 0 saturated carbocycles. The lowest BCUT2D eigenvalue weighted by atomic mass is 10.2. The summed E-state index contributed by atoms with van der Waals surface area (Å²) in [6.07, 6.45) is 2.64. The lowest BCUT2D eigenvalue weighted by Gasteiger charge is -2.10. The molecule has 1 aromatic carbocycles. The molecule has 0 saturated heterocycles. The molecule has 136 valence electrons. The molecule has 2 rings (SSSR count). The first kappa shape index (κ1) is 18.6. The van der Waals surface area contributed by atoms with Crippen LogP contribution in [0.4, 0.5) is 11.5 Å². The van der Waals surface area contributed by atoms with E-state index in [2.05, 4.69) is 20.2 Å². The van der Waals surface area contributed by atoms with Gasteiger partial charge in [-0.3, -0.25) is 15.5 Å². The second-order valence-corrected chi connectivity index (χ2v) is 4.80. The molecule has 0 aliphatic rings. The van der Waals surface area contributed by atoms with Gasteiger partial charge in [-0.2, -0.15) is 5.10 Å². The predicted molar refractivity (Wildman–Crippen MR) is 92.6 cm³/mol. The Morgan fingerprint density at radius 2 is 2.12 bits per heavy atom. The van der Waals surface area contributed by atoms with Gasteiger partial charge in [-0.25, -0.2) is 9.78 Å². The minimum Gasteiger partial charge on any atom is -0.493 e. The Morgan fingerprint density at radius 1 is 1.31 bits per heavy atom. The number of hydrogen-bond acceptors (Lipinski definition) is 9. The van der Waals surface area contributed by atoms with Crippen molar-refractivity contribution in [2.45, 2.75) is 0 Å². The molecule has 0 amide bonds. The van der Waals surface area contributed by atoms with Gasteiger partial charge in [0.1, 0.15) is 12.0 Å². The molecule has 0 fully saturated rings. The summed E-state index contributed by atoms with van der Waals surface area (Å²) in [6, 6.07) is 7.78. The number of carbonyl (C=O) groups is 1. The summed E-state index contributed by atoms with van der Waals surface area (Å²) >= 11 is 0. The van der Waals surface area contributed by atoms with Crippen molar-refractivity contribution in [2.24, 2.45) is 5.10 Å². The van der Waals surface area contributed by atoms with Gasteiger partial charge in [0.05, 0.1) is 25.4 Å². The predicted octanol–water partition coefficient (Wildman–Crippen LogP) is 2.00. The Balaban J connectivity index is 2.01. The minimum absolute atomic E-state index is 0.105. The normalized spacial score (nSPS) is 10.4. The fraction of sp³-hybridized carbons (Fsp3) is 0.188. The van der Waals surface area contributed by atoms with Crippen LogP contribution in [0.3, 0.4) is 0 Å². The zero-order valence-electron chi connectivity index (χ0n) is 14.0. The molecule has 10 heteroatoms. The Morgan fingerprint density at radius 3 is 2.73 bits per heavy atom. The SMILES string of the molecule is COC(=O)COc1ccc(/C=N/Nc2ccc([N+](=O)[O-])cn2)cc1OC. The van der Waals surface area contributed by atoms with Gasteiger partial charge in [-0.05, 0) is 29.8 Å². The average Bonchev–Trinajstić information content (AvgIpc) is 2.66. The molecule has 1 aromatic heterocycles. The van der Waals surface area contributed by atoms with E-state index in [1.54, 1.807) is 18.2 Å². The maximum absolute atomic E-state index is 11.1. The summed E-state index contributed by atoms with van der Waals surface area (Å²) < 4.78 is 15.0. The lowest BCUT2D eigenvalue weighted by molar-refractivity contribution is -0.385. The number of hydrazone groups is 1. The van der Waals surface area contributed by atoms with Crippen LogP contribution in [0.2, 0.25) is 0 Å². The van der Waals surface area contributed by atoms with E-state index in [9.17, 15) is 14.9 Å². The number of carbonyl (C=O) groups excluding carboxylic acids is 1. The number of aromatic nitrogens is 1. The van der Waals surface area contributed by atoms with Crippen LogP contribution in [-0.2, 0) is 9.53 Å². The van der Waals surface area contributed by atoms with Crippen molar-refractivity contribution in [3.63, 3.8) is 0 Å². The smallest absolute Gasteiger partial charge is 0.343 e. The van der Waals surface area contributed by atoms with E-state index in [0.717, 1.165) is 6.20 Å². The molecule has 0 aliphatic carbocycles. The fourth-order valence-electron chi connectivity index (χ4n) is 1.81. The van der Waals surface area contributed by atoms with E-state index in [1.807, 2.05) is 0 Å². The molecule has 0 aliphatic heterocycles. The van der Waals surface area contributed by atoms with Crippen LogP contribution in [0.5, 0.6) is 11.5 Å². The van der Waals surface area contributed by atoms with Gasteiger partial charge in [0.2, 0.25) is 0 Å². The third-order valence-electron chi connectivity index (χ3n) is 3.11. The second kappa shape index (κ2) is 8.97. The van der Waals surface area contributed by atoms with E-state index in [4.69, 9.17) is 9.47 Å². The summed E-state index contributed by atoms with van der Waals surface area (Å²) in [5.41, 5.74) is 3.25. The van der Waals surface area contributed by atoms with E-state index >= 15 is 0 Å². The first-order chi connectivity index (χ1) is 12.5. The maximum atomic E-state index is 11.1. The average molecular weight is 360 g/mol. The topological polar surface area (TPSA) is 125 Å². The summed E-state index contributed by atoms with van der Waals surface area (Å²) in [4.78, 5) is 25.0. The number of nitrogens with zero attached hydrogens (tertiary/aromatic N) is 3. The monoisotopic (exact) mass is 360 g/mol. The van der Waals surface area contributed by atoms with Crippen molar-refractivity contribution in [3.8, 4) is 11.5 Å². The number of methoxy groups -OCH3 is 2. The van der Waals surface area contributed by atoms with Crippen LogP contribution in [-0.4, -0.2) is 42.9 Å². The van der Waals surface area contributed by atoms with E-state index in [1.165, 1.54) is 32.6 Å². The van der Waals surface area contributed by atoms with Crippen LogP contribution >= 0.6 is 0 Å². The van der Waals surface area contributed by atoms with Crippen molar-refractivity contribution >= 4 is 23.7 Å². The number of ether oxygens (including phenoxy) is 3. The Kier molecular flexibility index (Phi) is 6.43. The van der Waals surface area contributed by atoms with Crippen molar-refractivity contribution in [1.29, 1.82) is 0 Å². The summed E-state index contributed by atoms with van der Waals surface area (Å²) in [7, 11) is 2.75. The zero-order valence-corrected chi connectivity index (χ0v) is 14.0. The minimum atomic E-state index is -0.532. The molecule has 10 nitrogen and oxygen atoms in total. The van der Waals surface area contributed by atoms with Gasteiger partial charge < -0.3 is 14.2 Å². The molecule has 26 heavy (non-hydrogen) atoms. The summed E-state index contributed by atoms with van der Waals surface area (Å²) in [5, 5.41) is 14.6. The van der Waals surface area contributed by atoms with Crippen molar-refractivity contribution < 1.29 is 23.9 Å². The van der Waals surface area contributed by atoms with E-state index in [-0.39, 0.29) is 12.3 Å². The van der Waals surface area contributed by atoms with Gasteiger partial charge in [-0.1, -0.05) is 0 Å². The highest BCUT2D eigenvalue weighted by Gasteiger charge is 2.08. The molecule has 1 N–H and O–H groups in total. The first-order valence-electron chi connectivity index (χ1n) is 7.30. The quantitative estimate of drug-likeness (QED) is 0.328. The summed E-state index contributed by atoms with van der Waals surface area (Å²) in [5.74, 6) is 0.667. The second-order valence-electron chi connectivity index (χ2n) is 4.80. The van der Waals surface area contributed by atoms with Gasteiger partial charge in [0.15, 0.2) is 18.1 Å². The number of esters is 1. The van der Waals surface area contributed by atoms with Crippen LogP contribution in [0.25, 0.3) is 0 Å². The number of rotatable bonds is 8. The highest BCUT2D eigenvalue weighted by Crippen LogP contribution is 2.27. The third kappa shape index (κ3) is 5.16. The number of benzene rings is 1. The number of pyridine rings is 1. The van der Waals surface area contributed by atoms with Crippen LogP contribution in [0, 0.1) is 10.1 Å². The standard InChI is InChI=1S/C16H16N4O6/c1-24-14-7-11(3-5-13(14)26-10-16(21)25-2)8-18-19-15-6-4-12(9-17-15)20(22)23/h3-9H,10H2,1-2H3,(H,17,19)/b18-8+. The molecule has 0 unspecified atom stereocenters. The van der Waals surface area contributed by atoms with Crippen molar-refractivity contribution in [1.82, 2.24) is 4.98 Å². The molecule has 2 aromatic rings. The molecule has 0 atom stereocenters. The number of nitro groups is 1. The van der Waals surface area contributed by atoms with Crippen LogP contribution < -0.4 is 14.9 Å². The molecule has 0 bridgehead atoms. The maximum Gasteiger partial charge on any atom is 0.343 e. The largest absolute Gasteiger partial charge is 0.493 e. The highest BCUT2D eigenvalue weighted by molar-refractivity contribution is 5.81. The van der Waals surface area contributed by atoms with Crippen LogP contribution in [0.15, 0.2) is 41.6 Å². The molecule has 1 heterocycles. The first-order valence-corrected chi connectivity index (χ1v) is 7.30. The highest BCUT2D eigenvalue weighted by atomic mass is 16.6. The van der Waals surface area contributed by atoms with E-state index in [0.29, 0.717) is 22.9 Å². The zero-order chi connectivity index (χ0) is 18.9. The van der Waals surface area contributed by atoms with Crippen molar-refractivity contribution in [3.05, 3.63) is 52.2 Å². The van der Waals surface area contributed by atoms with Gasteiger partial charge in [0.25, 0.3) is 5.69 Å². The van der Waals surface area contributed by atoms with Gasteiger partial charge >= 0.3 is 5.97 Å². The Labute approximate surface area is 148 Å². The number of nitrogens with one attached hydrogen (secondary N) is 1. The molecular weight excluding hydrogens is 344 g/mol. The number of hydrogen-bond donors (Lipinski definition) is 1. The fourth-order valence-corrected chi connectivity index (χ4v) is 1.81. The van der Waals surface area contributed by atoms with Crippen LogP contribution in [0.1, 0.15) is 5.56 Å². The Bertz CT molecular complexity index is 807.